The van der Waals surface area contributed by atoms with Gasteiger partial charge in [0.1, 0.15) is 0 Å². The smallest absolute Gasteiger partial charge is 0.304 e. The van der Waals surface area contributed by atoms with Crippen LogP contribution in [0.3, 0.4) is 0 Å². The van der Waals surface area contributed by atoms with Crippen molar-refractivity contribution >= 4 is 21.9 Å². The Morgan fingerprint density at radius 1 is 1.21 bits per heavy atom. The number of halogens is 1. The molecule has 84 valence electrons. The van der Waals surface area contributed by atoms with Gasteiger partial charge in [0.15, 0.2) is 0 Å². The molecular formula is C11H21BrO2. The fourth-order valence-corrected chi connectivity index (χ4v) is 2.04. The highest BCUT2D eigenvalue weighted by atomic mass is 79.9. The molecule has 0 aliphatic rings. The van der Waals surface area contributed by atoms with E-state index in [1.807, 2.05) is 0 Å². The number of hydrogen-bond acceptors (Lipinski definition) is 1. The molecule has 0 rings (SSSR count). The van der Waals surface area contributed by atoms with E-state index in [1.54, 1.807) is 0 Å². The molecule has 0 aromatic carbocycles. The first-order chi connectivity index (χ1) is 6.66. The molecule has 2 nitrogen and oxygen atoms in total. The van der Waals surface area contributed by atoms with Crippen LogP contribution in [0.1, 0.15) is 58.3 Å². The van der Waals surface area contributed by atoms with Gasteiger partial charge in [0.25, 0.3) is 0 Å². The van der Waals surface area contributed by atoms with Gasteiger partial charge in [-0.2, -0.15) is 0 Å². The SMILES string of the molecule is CCCCCCCCC(Br)CC(=O)O. The number of carboxylic acids is 1. The Kier molecular flexibility index (Phi) is 9.47. The number of hydrogen-bond donors (Lipinski definition) is 1. The van der Waals surface area contributed by atoms with E-state index in [9.17, 15) is 4.79 Å². The summed E-state index contributed by atoms with van der Waals surface area (Å²) in [5.41, 5.74) is 0. The summed E-state index contributed by atoms with van der Waals surface area (Å²) in [7, 11) is 0. The Morgan fingerprint density at radius 3 is 2.36 bits per heavy atom. The number of aliphatic carboxylic acids is 1. The highest BCUT2D eigenvalue weighted by Gasteiger charge is 2.08. The molecule has 0 aliphatic heterocycles. The Bertz CT molecular complexity index is 148. The zero-order valence-corrected chi connectivity index (χ0v) is 10.6. The lowest BCUT2D eigenvalue weighted by Crippen LogP contribution is -2.06. The second kappa shape index (κ2) is 9.50. The van der Waals surface area contributed by atoms with Crippen LogP contribution in [0.25, 0.3) is 0 Å². The van der Waals surface area contributed by atoms with Crippen molar-refractivity contribution in [1.29, 1.82) is 0 Å². The Balaban J connectivity index is 3.14. The summed E-state index contributed by atoms with van der Waals surface area (Å²) in [6, 6.07) is 0. The van der Waals surface area contributed by atoms with Crippen LogP contribution in [-0.4, -0.2) is 15.9 Å². The highest BCUT2D eigenvalue weighted by molar-refractivity contribution is 9.09. The van der Waals surface area contributed by atoms with Crippen molar-refractivity contribution in [1.82, 2.24) is 0 Å². The van der Waals surface area contributed by atoms with Gasteiger partial charge in [-0.3, -0.25) is 4.79 Å². The van der Waals surface area contributed by atoms with Crippen LogP contribution in [0, 0.1) is 0 Å². The number of rotatable bonds is 9. The van der Waals surface area contributed by atoms with Gasteiger partial charge in [-0.1, -0.05) is 61.4 Å². The third kappa shape index (κ3) is 10.0. The topological polar surface area (TPSA) is 37.3 Å². The molecule has 0 heterocycles. The lowest BCUT2D eigenvalue weighted by atomic mass is 10.1. The average molecular weight is 265 g/mol. The van der Waals surface area contributed by atoms with E-state index in [-0.39, 0.29) is 11.2 Å². The van der Waals surface area contributed by atoms with E-state index in [4.69, 9.17) is 5.11 Å². The van der Waals surface area contributed by atoms with E-state index in [0.717, 1.165) is 12.8 Å². The molecule has 3 heteroatoms. The molecule has 0 saturated carbocycles. The van der Waals surface area contributed by atoms with E-state index in [0.29, 0.717) is 0 Å². The van der Waals surface area contributed by atoms with Crippen molar-refractivity contribution < 1.29 is 9.90 Å². The molecule has 0 aliphatic carbocycles. The van der Waals surface area contributed by atoms with Crippen molar-refractivity contribution in [3.8, 4) is 0 Å². The number of alkyl halides is 1. The van der Waals surface area contributed by atoms with Gasteiger partial charge < -0.3 is 5.11 Å². The monoisotopic (exact) mass is 264 g/mol. The molecule has 14 heavy (non-hydrogen) atoms. The van der Waals surface area contributed by atoms with E-state index < -0.39 is 5.97 Å². The summed E-state index contributed by atoms with van der Waals surface area (Å²) in [4.78, 5) is 10.5. The number of carboxylic acid groups (broad SMARTS) is 1. The van der Waals surface area contributed by atoms with Gasteiger partial charge in [0.05, 0.1) is 6.42 Å². The molecule has 0 bridgehead atoms. The minimum atomic E-state index is -0.710. The molecule has 0 spiro atoms. The zero-order valence-electron chi connectivity index (χ0n) is 8.97. The molecule has 0 aromatic heterocycles. The van der Waals surface area contributed by atoms with Gasteiger partial charge in [-0.15, -0.1) is 0 Å². The first-order valence-electron chi connectivity index (χ1n) is 5.52. The molecule has 0 aromatic rings. The minimum absolute atomic E-state index is 0.158. The van der Waals surface area contributed by atoms with Crippen molar-refractivity contribution in [3.05, 3.63) is 0 Å². The molecule has 1 atom stereocenters. The van der Waals surface area contributed by atoms with Gasteiger partial charge in [0, 0.05) is 4.83 Å². The summed E-state index contributed by atoms with van der Waals surface area (Å²) in [5.74, 6) is -0.710. The highest BCUT2D eigenvalue weighted by Crippen LogP contribution is 2.15. The van der Waals surface area contributed by atoms with Crippen LogP contribution in [-0.2, 0) is 4.79 Å². The summed E-state index contributed by atoms with van der Waals surface area (Å²) < 4.78 is 0. The van der Waals surface area contributed by atoms with Gasteiger partial charge in [-0.25, -0.2) is 0 Å². The maximum Gasteiger partial charge on any atom is 0.304 e. The third-order valence-electron chi connectivity index (χ3n) is 2.27. The zero-order chi connectivity index (χ0) is 10.8. The molecular weight excluding hydrogens is 244 g/mol. The minimum Gasteiger partial charge on any atom is -0.481 e. The lowest BCUT2D eigenvalue weighted by molar-refractivity contribution is -0.136. The summed E-state index contributed by atoms with van der Waals surface area (Å²) in [6.45, 7) is 2.21. The summed E-state index contributed by atoms with van der Waals surface area (Å²) in [6.07, 6.45) is 8.83. The predicted octanol–water partition coefficient (Wildman–Crippen LogP) is 3.98. The Hall–Kier alpha value is -0.0500. The fourth-order valence-electron chi connectivity index (χ4n) is 1.44. The molecule has 1 unspecified atom stereocenters. The normalized spacial score (nSPS) is 12.7. The predicted molar refractivity (Wildman–Crippen MR) is 63.0 cm³/mol. The number of carbonyl (C=O) groups is 1. The molecule has 1 N–H and O–H groups in total. The van der Waals surface area contributed by atoms with Gasteiger partial charge >= 0.3 is 5.97 Å². The van der Waals surface area contributed by atoms with Crippen molar-refractivity contribution in [2.45, 2.75) is 63.1 Å². The molecule has 0 saturated heterocycles. The molecule has 0 radical (unpaired) electrons. The number of unbranched alkanes of at least 4 members (excludes halogenated alkanes) is 5. The fraction of sp³-hybridized carbons (Fsp3) is 0.909. The Labute approximate surface area is 95.2 Å². The molecule has 0 fully saturated rings. The van der Waals surface area contributed by atoms with Crippen LogP contribution in [0.2, 0.25) is 0 Å². The van der Waals surface area contributed by atoms with Gasteiger partial charge in [-0.05, 0) is 6.42 Å². The second-order valence-electron chi connectivity index (χ2n) is 3.75. The molecule has 0 amide bonds. The largest absolute Gasteiger partial charge is 0.481 e. The first-order valence-corrected chi connectivity index (χ1v) is 6.44. The van der Waals surface area contributed by atoms with Crippen LogP contribution >= 0.6 is 15.9 Å². The van der Waals surface area contributed by atoms with Crippen LogP contribution in [0.5, 0.6) is 0 Å². The quantitative estimate of drug-likeness (QED) is 0.506. The second-order valence-corrected chi connectivity index (χ2v) is 5.05. The standard InChI is InChI=1S/C11H21BrO2/c1-2-3-4-5-6-7-8-10(12)9-11(13)14/h10H,2-9H2,1H3,(H,13,14). The summed E-state index contributed by atoms with van der Waals surface area (Å²) >= 11 is 3.38. The van der Waals surface area contributed by atoms with Crippen LogP contribution in [0.4, 0.5) is 0 Å². The van der Waals surface area contributed by atoms with E-state index in [1.165, 1.54) is 32.1 Å². The van der Waals surface area contributed by atoms with E-state index >= 15 is 0 Å². The van der Waals surface area contributed by atoms with Crippen molar-refractivity contribution in [3.63, 3.8) is 0 Å². The van der Waals surface area contributed by atoms with E-state index in [2.05, 4.69) is 22.9 Å². The maximum absolute atomic E-state index is 10.4. The maximum atomic E-state index is 10.4. The van der Waals surface area contributed by atoms with Crippen LogP contribution in [0.15, 0.2) is 0 Å². The van der Waals surface area contributed by atoms with Crippen molar-refractivity contribution in [2.24, 2.45) is 0 Å². The van der Waals surface area contributed by atoms with Crippen LogP contribution < -0.4 is 0 Å². The van der Waals surface area contributed by atoms with Gasteiger partial charge in [0.2, 0.25) is 0 Å². The van der Waals surface area contributed by atoms with Crippen molar-refractivity contribution in [2.75, 3.05) is 0 Å². The lowest BCUT2D eigenvalue weighted by Gasteiger charge is -2.06. The summed E-state index contributed by atoms with van der Waals surface area (Å²) in [5, 5.41) is 8.53. The third-order valence-corrected chi connectivity index (χ3v) is 3.05. The average Bonchev–Trinajstić information content (AvgIpc) is 2.10. The first kappa shape index (κ1) is 13.9. The Morgan fingerprint density at radius 2 is 1.79 bits per heavy atom.